The highest BCUT2D eigenvalue weighted by molar-refractivity contribution is 5.11. The normalized spacial score (nSPS) is 13.1. The van der Waals surface area contributed by atoms with E-state index in [1.807, 2.05) is 11.7 Å². The highest BCUT2D eigenvalue weighted by atomic mass is 16.5. The van der Waals surface area contributed by atoms with Crippen LogP contribution in [0, 0.1) is 0 Å². The molecule has 0 aliphatic rings. The standard InChI is InChI=1S/C11H20N2O2/c1-4-9-7-10(13(2)12-9)8-11(14)5-6-15-3/h7,11,14H,4-6,8H2,1-3H3. The summed E-state index contributed by atoms with van der Waals surface area (Å²) in [7, 11) is 3.56. The Kier molecular flexibility index (Phi) is 4.78. The van der Waals surface area contributed by atoms with Gasteiger partial charge in [-0.15, -0.1) is 0 Å². The van der Waals surface area contributed by atoms with E-state index in [4.69, 9.17) is 4.74 Å². The van der Waals surface area contributed by atoms with E-state index in [2.05, 4.69) is 18.1 Å². The predicted octanol–water partition coefficient (Wildman–Crippen LogP) is 0.922. The summed E-state index contributed by atoms with van der Waals surface area (Å²) in [6, 6.07) is 2.05. The summed E-state index contributed by atoms with van der Waals surface area (Å²) in [4.78, 5) is 0. The molecule has 1 aromatic heterocycles. The minimum atomic E-state index is -0.343. The maximum Gasteiger partial charge on any atom is 0.0624 e. The number of aliphatic hydroxyl groups is 1. The van der Waals surface area contributed by atoms with Crippen LogP contribution in [-0.2, 0) is 24.6 Å². The van der Waals surface area contributed by atoms with Crippen LogP contribution in [0.5, 0.6) is 0 Å². The second-order valence-corrected chi connectivity index (χ2v) is 3.74. The van der Waals surface area contributed by atoms with Crippen molar-refractivity contribution in [2.75, 3.05) is 13.7 Å². The van der Waals surface area contributed by atoms with Gasteiger partial charge in [0.1, 0.15) is 0 Å². The average molecular weight is 212 g/mol. The zero-order valence-corrected chi connectivity index (χ0v) is 9.73. The summed E-state index contributed by atoms with van der Waals surface area (Å²) in [6.45, 7) is 2.67. The molecule has 1 heterocycles. The Morgan fingerprint density at radius 1 is 1.60 bits per heavy atom. The van der Waals surface area contributed by atoms with E-state index < -0.39 is 0 Å². The smallest absolute Gasteiger partial charge is 0.0624 e. The molecular formula is C11H20N2O2. The van der Waals surface area contributed by atoms with Crippen LogP contribution < -0.4 is 0 Å². The van der Waals surface area contributed by atoms with E-state index in [1.165, 1.54) is 0 Å². The Morgan fingerprint density at radius 3 is 2.87 bits per heavy atom. The van der Waals surface area contributed by atoms with Crippen LogP contribution in [0.4, 0.5) is 0 Å². The summed E-state index contributed by atoms with van der Waals surface area (Å²) >= 11 is 0. The van der Waals surface area contributed by atoms with E-state index in [9.17, 15) is 5.11 Å². The second kappa shape index (κ2) is 5.88. The third-order valence-electron chi connectivity index (χ3n) is 2.49. The number of methoxy groups -OCH3 is 1. The van der Waals surface area contributed by atoms with Gasteiger partial charge in [0.25, 0.3) is 0 Å². The molecule has 0 radical (unpaired) electrons. The Balaban J connectivity index is 2.51. The number of rotatable bonds is 6. The Labute approximate surface area is 90.9 Å². The third kappa shape index (κ3) is 3.64. The van der Waals surface area contributed by atoms with Crippen molar-refractivity contribution in [3.05, 3.63) is 17.5 Å². The number of ether oxygens (including phenoxy) is 1. The van der Waals surface area contributed by atoms with Crippen molar-refractivity contribution in [2.24, 2.45) is 7.05 Å². The number of aromatic nitrogens is 2. The molecule has 1 atom stereocenters. The molecule has 15 heavy (non-hydrogen) atoms. The van der Waals surface area contributed by atoms with Gasteiger partial charge in [0.15, 0.2) is 0 Å². The fourth-order valence-electron chi connectivity index (χ4n) is 1.53. The summed E-state index contributed by atoms with van der Waals surface area (Å²) < 4.78 is 6.77. The molecule has 1 N–H and O–H groups in total. The Hall–Kier alpha value is -0.870. The molecule has 4 heteroatoms. The van der Waals surface area contributed by atoms with Crippen molar-refractivity contribution in [3.63, 3.8) is 0 Å². The summed E-state index contributed by atoms with van der Waals surface area (Å²) in [6.07, 6.45) is 1.91. The van der Waals surface area contributed by atoms with Crippen molar-refractivity contribution in [3.8, 4) is 0 Å². The minimum absolute atomic E-state index is 0.343. The zero-order chi connectivity index (χ0) is 11.3. The Morgan fingerprint density at radius 2 is 2.33 bits per heavy atom. The van der Waals surface area contributed by atoms with Gasteiger partial charge >= 0.3 is 0 Å². The van der Waals surface area contributed by atoms with E-state index in [1.54, 1.807) is 7.11 Å². The highest BCUT2D eigenvalue weighted by Crippen LogP contribution is 2.08. The first-order valence-electron chi connectivity index (χ1n) is 5.36. The highest BCUT2D eigenvalue weighted by Gasteiger charge is 2.09. The average Bonchev–Trinajstić information content (AvgIpc) is 2.57. The third-order valence-corrected chi connectivity index (χ3v) is 2.49. The lowest BCUT2D eigenvalue weighted by atomic mass is 10.1. The lowest BCUT2D eigenvalue weighted by molar-refractivity contribution is 0.109. The monoisotopic (exact) mass is 212 g/mol. The molecule has 86 valence electrons. The molecular weight excluding hydrogens is 192 g/mol. The number of aryl methyl sites for hydroxylation is 2. The van der Waals surface area contributed by atoms with Crippen LogP contribution in [0.2, 0.25) is 0 Å². The first-order chi connectivity index (χ1) is 7.17. The predicted molar refractivity (Wildman–Crippen MR) is 58.8 cm³/mol. The van der Waals surface area contributed by atoms with E-state index in [-0.39, 0.29) is 6.10 Å². The molecule has 0 saturated carbocycles. The van der Waals surface area contributed by atoms with Crippen LogP contribution >= 0.6 is 0 Å². The quantitative estimate of drug-likeness (QED) is 0.763. The molecule has 1 rings (SSSR count). The molecule has 0 saturated heterocycles. The molecule has 0 aliphatic carbocycles. The van der Waals surface area contributed by atoms with Crippen molar-refractivity contribution in [1.82, 2.24) is 9.78 Å². The molecule has 1 unspecified atom stereocenters. The lowest BCUT2D eigenvalue weighted by Crippen LogP contribution is -2.15. The first-order valence-corrected chi connectivity index (χ1v) is 5.36. The summed E-state index contributed by atoms with van der Waals surface area (Å²) in [5.41, 5.74) is 2.15. The number of hydrogen-bond donors (Lipinski definition) is 1. The largest absolute Gasteiger partial charge is 0.393 e. The number of aliphatic hydroxyl groups excluding tert-OH is 1. The van der Waals surface area contributed by atoms with Gasteiger partial charge in [0.05, 0.1) is 11.8 Å². The van der Waals surface area contributed by atoms with Crippen molar-refractivity contribution in [2.45, 2.75) is 32.3 Å². The molecule has 4 nitrogen and oxygen atoms in total. The topological polar surface area (TPSA) is 47.3 Å². The number of nitrogens with zero attached hydrogens (tertiary/aromatic N) is 2. The molecule has 0 aliphatic heterocycles. The molecule has 0 amide bonds. The Bertz CT molecular complexity index is 297. The summed E-state index contributed by atoms with van der Waals surface area (Å²) in [5.74, 6) is 0. The van der Waals surface area contributed by atoms with E-state index in [0.717, 1.165) is 17.8 Å². The van der Waals surface area contributed by atoms with E-state index >= 15 is 0 Å². The molecule has 0 fully saturated rings. The maximum absolute atomic E-state index is 9.72. The van der Waals surface area contributed by atoms with Gasteiger partial charge in [-0.3, -0.25) is 4.68 Å². The molecule has 0 bridgehead atoms. The van der Waals surface area contributed by atoms with Gasteiger partial charge in [0.2, 0.25) is 0 Å². The zero-order valence-electron chi connectivity index (χ0n) is 9.73. The SMILES string of the molecule is CCc1cc(CC(O)CCOC)n(C)n1. The van der Waals surface area contributed by atoms with Crippen LogP contribution in [0.25, 0.3) is 0 Å². The second-order valence-electron chi connectivity index (χ2n) is 3.74. The molecule has 0 spiro atoms. The van der Waals surface area contributed by atoms with Crippen LogP contribution in [0.3, 0.4) is 0 Å². The molecule has 0 aromatic carbocycles. The van der Waals surface area contributed by atoms with Crippen LogP contribution in [0.1, 0.15) is 24.7 Å². The minimum Gasteiger partial charge on any atom is -0.393 e. The number of hydrogen-bond acceptors (Lipinski definition) is 3. The fraction of sp³-hybridized carbons (Fsp3) is 0.727. The van der Waals surface area contributed by atoms with Gasteiger partial charge in [-0.05, 0) is 18.9 Å². The lowest BCUT2D eigenvalue weighted by Gasteiger charge is -2.09. The fourth-order valence-corrected chi connectivity index (χ4v) is 1.53. The van der Waals surface area contributed by atoms with Crippen molar-refractivity contribution >= 4 is 0 Å². The summed E-state index contributed by atoms with van der Waals surface area (Å²) in [5, 5.41) is 14.1. The van der Waals surface area contributed by atoms with Gasteiger partial charge in [-0.25, -0.2) is 0 Å². The van der Waals surface area contributed by atoms with Crippen LogP contribution in [0.15, 0.2) is 6.07 Å². The first kappa shape index (κ1) is 12.2. The van der Waals surface area contributed by atoms with E-state index in [0.29, 0.717) is 19.4 Å². The van der Waals surface area contributed by atoms with Crippen molar-refractivity contribution in [1.29, 1.82) is 0 Å². The van der Waals surface area contributed by atoms with Gasteiger partial charge in [-0.1, -0.05) is 6.92 Å². The maximum atomic E-state index is 9.72. The van der Waals surface area contributed by atoms with Gasteiger partial charge in [-0.2, -0.15) is 5.10 Å². The van der Waals surface area contributed by atoms with Gasteiger partial charge in [0, 0.05) is 32.9 Å². The van der Waals surface area contributed by atoms with Crippen LogP contribution in [-0.4, -0.2) is 34.7 Å². The van der Waals surface area contributed by atoms with Crippen molar-refractivity contribution < 1.29 is 9.84 Å². The van der Waals surface area contributed by atoms with Gasteiger partial charge < -0.3 is 9.84 Å². The molecule has 1 aromatic rings.